The SMILES string of the molecule is Cc1ccc([N+](=O)[O-])c(S(=O)(=O)N2C[C@H]3CNC[C@H]3C2)c1C.Cl. The molecule has 2 saturated heterocycles. The molecule has 0 aromatic heterocycles. The molecule has 2 aliphatic rings. The molecule has 9 heteroatoms. The first-order valence-corrected chi connectivity index (χ1v) is 8.72. The van der Waals surface area contributed by atoms with Crippen LogP contribution in [0.2, 0.25) is 0 Å². The summed E-state index contributed by atoms with van der Waals surface area (Å²) < 4.78 is 27.3. The fourth-order valence-electron chi connectivity index (χ4n) is 3.38. The van der Waals surface area contributed by atoms with E-state index >= 15 is 0 Å². The van der Waals surface area contributed by atoms with Gasteiger partial charge in [-0.3, -0.25) is 10.1 Å². The van der Waals surface area contributed by atoms with E-state index in [9.17, 15) is 18.5 Å². The van der Waals surface area contributed by atoms with Crippen molar-refractivity contribution in [2.24, 2.45) is 11.8 Å². The largest absolute Gasteiger partial charge is 0.316 e. The first-order valence-electron chi connectivity index (χ1n) is 7.28. The van der Waals surface area contributed by atoms with Crippen LogP contribution < -0.4 is 5.32 Å². The number of halogens is 1. The molecule has 0 unspecified atom stereocenters. The van der Waals surface area contributed by atoms with E-state index in [2.05, 4.69) is 5.32 Å². The number of hydrogen-bond acceptors (Lipinski definition) is 5. The molecular formula is C14H20ClN3O4S. The van der Waals surface area contributed by atoms with Crippen LogP contribution >= 0.6 is 12.4 Å². The Balaban J connectivity index is 0.00000192. The molecule has 2 atom stereocenters. The van der Waals surface area contributed by atoms with Gasteiger partial charge in [0, 0.05) is 19.2 Å². The lowest BCUT2D eigenvalue weighted by Gasteiger charge is -2.19. The van der Waals surface area contributed by atoms with Gasteiger partial charge in [0.15, 0.2) is 4.90 Å². The fraction of sp³-hybridized carbons (Fsp3) is 0.571. The van der Waals surface area contributed by atoms with Crippen LogP contribution in [-0.2, 0) is 10.0 Å². The summed E-state index contributed by atoms with van der Waals surface area (Å²) in [6, 6.07) is 2.88. The Bertz CT molecular complexity index is 726. The number of hydrogen-bond donors (Lipinski definition) is 1. The van der Waals surface area contributed by atoms with Crippen molar-refractivity contribution in [1.29, 1.82) is 0 Å². The molecule has 2 heterocycles. The first-order chi connectivity index (χ1) is 10.3. The Morgan fingerprint density at radius 1 is 1.22 bits per heavy atom. The van der Waals surface area contributed by atoms with E-state index in [0.29, 0.717) is 30.5 Å². The molecule has 3 rings (SSSR count). The van der Waals surface area contributed by atoms with Crippen LogP contribution in [0.4, 0.5) is 5.69 Å². The minimum absolute atomic E-state index is 0. The molecule has 1 aromatic carbocycles. The average molecular weight is 362 g/mol. The highest BCUT2D eigenvalue weighted by atomic mass is 35.5. The van der Waals surface area contributed by atoms with E-state index < -0.39 is 14.9 Å². The predicted molar refractivity (Wildman–Crippen MR) is 88.4 cm³/mol. The molecule has 0 amide bonds. The normalized spacial score (nSPS) is 24.3. The second-order valence-corrected chi connectivity index (χ2v) is 7.99. The van der Waals surface area contributed by atoms with Crippen molar-refractivity contribution in [3.63, 3.8) is 0 Å². The first kappa shape index (κ1) is 18.1. The summed E-state index contributed by atoms with van der Waals surface area (Å²) in [4.78, 5) is 10.5. The van der Waals surface area contributed by atoms with Crippen LogP contribution in [0.3, 0.4) is 0 Å². The number of fused-ring (bicyclic) bond motifs is 1. The van der Waals surface area contributed by atoms with Gasteiger partial charge in [0.05, 0.1) is 4.92 Å². The van der Waals surface area contributed by atoms with Crippen molar-refractivity contribution in [3.8, 4) is 0 Å². The Kier molecular flexibility index (Phi) is 5.00. The predicted octanol–water partition coefficient (Wildman–Crippen LogP) is 1.47. The summed E-state index contributed by atoms with van der Waals surface area (Å²) in [5.74, 6) is 0.609. The van der Waals surface area contributed by atoms with E-state index in [1.807, 2.05) is 0 Å². The van der Waals surface area contributed by atoms with E-state index in [1.165, 1.54) is 10.4 Å². The maximum absolute atomic E-state index is 13.0. The van der Waals surface area contributed by atoms with Crippen molar-refractivity contribution in [2.45, 2.75) is 18.7 Å². The van der Waals surface area contributed by atoms with Crippen LogP contribution in [-0.4, -0.2) is 43.8 Å². The Labute approximate surface area is 141 Å². The van der Waals surface area contributed by atoms with Gasteiger partial charge in [-0.15, -0.1) is 12.4 Å². The monoisotopic (exact) mass is 361 g/mol. The number of sulfonamides is 1. The maximum Gasteiger partial charge on any atom is 0.289 e. The van der Waals surface area contributed by atoms with Gasteiger partial charge in [0.1, 0.15) is 0 Å². The van der Waals surface area contributed by atoms with Crippen molar-refractivity contribution < 1.29 is 13.3 Å². The van der Waals surface area contributed by atoms with Gasteiger partial charge in [0.2, 0.25) is 10.0 Å². The highest BCUT2D eigenvalue weighted by Gasteiger charge is 2.43. The summed E-state index contributed by atoms with van der Waals surface area (Å²) in [5.41, 5.74) is 0.868. The third-order valence-electron chi connectivity index (χ3n) is 4.81. The van der Waals surface area contributed by atoms with E-state index in [4.69, 9.17) is 0 Å². The molecule has 2 aliphatic heterocycles. The van der Waals surface area contributed by atoms with Gasteiger partial charge in [-0.2, -0.15) is 4.31 Å². The lowest BCUT2D eigenvalue weighted by atomic mass is 10.0. The molecule has 0 aliphatic carbocycles. The molecule has 0 saturated carbocycles. The zero-order chi connectivity index (χ0) is 16.1. The summed E-state index contributed by atoms with van der Waals surface area (Å²) in [7, 11) is -3.85. The van der Waals surface area contributed by atoms with Gasteiger partial charge in [-0.1, -0.05) is 6.07 Å². The number of benzene rings is 1. The molecule has 2 fully saturated rings. The molecule has 0 spiro atoms. The minimum Gasteiger partial charge on any atom is -0.316 e. The summed E-state index contributed by atoms with van der Waals surface area (Å²) in [6.07, 6.45) is 0. The maximum atomic E-state index is 13.0. The van der Waals surface area contributed by atoms with Crippen LogP contribution in [0, 0.1) is 35.8 Å². The van der Waals surface area contributed by atoms with E-state index in [1.54, 1.807) is 19.9 Å². The molecule has 7 nitrogen and oxygen atoms in total. The van der Waals surface area contributed by atoms with Gasteiger partial charge in [-0.25, -0.2) is 8.42 Å². The number of rotatable bonds is 3. The molecule has 128 valence electrons. The number of nitrogens with zero attached hydrogens (tertiary/aromatic N) is 2. The Morgan fingerprint density at radius 2 is 1.78 bits per heavy atom. The van der Waals surface area contributed by atoms with Crippen molar-refractivity contribution in [3.05, 3.63) is 33.4 Å². The van der Waals surface area contributed by atoms with E-state index in [-0.39, 0.29) is 23.0 Å². The minimum atomic E-state index is -3.85. The van der Waals surface area contributed by atoms with Crippen LogP contribution in [0.15, 0.2) is 17.0 Å². The highest BCUT2D eigenvalue weighted by Crippen LogP contribution is 2.36. The lowest BCUT2D eigenvalue weighted by Crippen LogP contribution is -2.32. The molecule has 23 heavy (non-hydrogen) atoms. The van der Waals surface area contributed by atoms with Gasteiger partial charge in [-0.05, 0) is 49.9 Å². The van der Waals surface area contributed by atoms with Crippen LogP contribution in [0.5, 0.6) is 0 Å². The van der Waals surface area contributed by atoms with Gasteiger partial charge >= 0.3 is 0 Å². The second kappa shape index (κ2) is 6.35. The lowest BCUT2D eigenvalue weighted by molar-refractivity contribution is -0.388. The number of nitro groups is 1. The third-order valence-corrected chi connectivity index (χ3v) is 6.82. The fourth-order valence-corrected chi connectivity index (χ4v) is 5.37. The summed E-state index contributed by atoms with van der Waals surface area (Å²) in [6.45, 7) is 5.89. The average Bonchev–Trinajstić information content (AvgIpc) is 3.02. The van der Waals surface area contributed by atoms with Crippen LogP contribution in [0.25, 0.3) is 0 Å². The summed E-state index contributed by atoms with van der Waals surface area (Å²) in [5, 5.41) is 14.5. The Morgan fingerprint density at radius 3 is 2.30 bits per heavy atom. The topological polar surface area (TPSA) is 92.5 Å². The number of aryl methyl sites for hydroxylation is 1. The standard InChI is InChI=1S/C14H19N3O4S.ClH/c1-9-3-4-13(17(18)19)14(10(9)2)22(20,21)16-7-11-5-15-6-12(11)8-16;/h3-4,11-12,15H,5-8H2,1-2H3;1H/t11-,12+;. The zero-order valence-corrected chi connectivity index (χ0v) is 14.6. The van der Waals surface area contributed by atoms with Gasteiger partial charge in [0.25, 0.3) is 5.69 Å². The van der Waals surface area contributed by atoms with Crippen molar-refractivity contribution >= 4 is 28.1 Å². The third kappa shape index (κ3) is 2.96. The number of nitro benzene ring substituents is 1. The summed E-state index contributed by atoms with van der Waals surface area (Å²) >= 11 is 0. The molecule has 0 bridgehead atoms. The molecule has 1 N–H and O–H groups in total. The quantitative estimate of drug-likeness (QED) is 0.650. The van der Waals surface area contributed by atoms with Gasteiger partial charge < -0.3 is 5.32 Å². The highest BCUT2D eigenvalue weighted by molar-refractivity contribution is 7.89. The van der Waals surface area contributed by atoms with E-state index in [0.717, 1.165) is 18.7 Å². The Hall–Kier alpha value is -1.22. The van der Waals surface area contributed by atoms with Crippen molar-refractivity contribution in [2.75, 3.05) is 26.2 Å². The molecule has 1 aromatic rings. The molecule has 0 radical (unpaired) electrons. The second-order valence-electron chi connectivity index (χ2n) is 6.11. The van der Waals surface area contributed by atoms with Crippen molar-refractivity contribution in [1.82, 2.24) is 9.62 Å². The number of nitrogens with one attached hydrogen (secondary N) is 1. The zero-order valence-electron chi connectivity index (χ0n) is 13.0. The molecular weight excluding hydrogens is 342 g/mol. The smallest absolute Gasteiger partial charge is 0.289 e. The van der Waals surface area contributed by atoms with Crippen LogP contribution in [0.1, 0.15) is 11.1 Å².